The molecule has 32 heavy (non-hydrogen) atoms. The summed E-state index contributed by atoms with van der Waals surface area (Å²) < 4.78 is 11.3. The summed E-state index contributed by atoms with van der Waals surface area (Å²) in [6, 6.07) is 19.1. The van der Waals surface area contributed by atoms with E-state index in [0.29, 0.717) is 58.1 Å². The SMILES string of the molecule is O=C(Nc1ccc2c(c1)N(CCCOc1ccc(Cl)cc1)C(=O)CO2)c1ccccc1Cl. The summed E-state index contributed by atoms with van der Waals surface area (Å²) >= 11 is 12.0. The number of carbonyl (C=O) groups excluding carboxylic acids is 2. The van der Waals surface area contributed by atoms with Crippen molar-refractivity contribution in [3.63, 3.8) is 0 Å². The second kappa shape index (κ2) is 9.94. The van der Waals surface area contributed by atoms with E-state index in [1.807, 2.05) is 0 Å². The zero-order chi connectivity index (χ0) is 22.5. The lowest BCUT2D eigenvalue weighted by Gasteiger charge is -2.30. The Hall–Kier alpha value is -3.22. The third-order valence-corrected chi connectivity index (χ3v) is 5.47. The molecular formula is C24H20Cl2N2O4. The van der Waals surface area contributed by atoms with Crippen molar-refractivity contribution in [1.82, 2.24) is 0 Å². The molecule has 1 N–H and O–H groups in total. The molecule has 1 aliphatic heterocycles. The Kier molecular flexibility index (Phi) is 6.83. The van der Waals surface area contributed by atoms with Gasteiger partial charge in [0.15, 0.2) is 6.61 Å². The molecule has 0 unspecified atom stereocenters. The van der Waals surface area contributed by atoms with E-state index in [9.17, 15) is 9.59 Å². The zero-order valence-electron chi connectivity index (χ0n) is 17.0. The molecule has 0 saturated carbocycles. The van der Waals surface area contributed by atoms with Crippen molar-refractivity contribution < 1.29 is 19.1 Å². The zero-order valence-corrected chi connectivity index (χ0v) is 18.5. The highest BCUT2D eigenvalue weighted by atomic mass is 35.5. The van der Waals surface area contributed by atoms with Crippen molar-refractivity contribution >= 4 is 46.4 Å². The predicted molar refractivity (Wildman–Crippen MR) is 125 cm³/mol. The predicted octanol–water partition coefficient (Wildman–Crippen LogP) is 5.44. The molecule has 8 heteroatoms. The summed E-state index contributed by atoms with van der Waals surface area (Å²) in [4.78, 5) is 26.7. The van der Waals surface area contributed by atoms with Crippen molar-refractivity contribution in [2.24, 2.45) is 0 Å². The fourth-order valence-electron chi connectivity index (χ4n) is 3.31. The van der Waals surface area contributed by atoms with E-state index in [2.05, 4.69) is 5.32 Å². The number of benzene rings is 3. The fourth-order valence-corrected chi connectivity index (χ4v) is 3.66. The number of carbonyl (C=O) groups is 2. The van der Waals surface area contributed by atoms with Crippen LogP contribution in [0.5, 0.6) is 11.5 Å². The second-order valence-corrected chi connectivity index (χ2v) is 7.95. The van der Waals surface area contributed by atoms with Gasteiger partial charge in [0.25, 0.3) is 11.8 Å². The van der Waals surface area contributed by atoms with Gasteiger partial charge in [-0.2, -0.15) is 0 Å². The van der Waals surface area contributed by atoms with Crippen molar-refractivity contribution in [1.29, 1.82) is 0 Å². The molecule has 0 radical (unpaired) electrons. The molecule has 3 aromatic rings. The van der Waals surface area contributed by atoms with Crippen molar-refractivity contribution in [3.8, 4) is 11.5 Å². The summed E-state index contributed by atoms with van der Waals surface area (Å²) in [5.41, 5.74) is 1.51. The minimum atomic E-state index is -0.332. The van der Waals surface area contributed by atoms with Gasteiger partial charge in [-0.25, -0.2) is 0 Å². The fraction of sp³-hybridized carbons (Fsp3) is 0.167. The topological polar surface area (TPSA) is 67.9 Å². The van der Waals surface area contributed by atoms with Crippen LogP contribution in [0.4, 0.5) is 11.4 Å². The van der Waals surface area contributed by atoms with Gasteiger partial charge in [0.1, 0.15) is 11.5 Å². The molecule has 1 aliphatic rings. The average Bonchev–Trinajstić information content (AvgIpc) is 2.79. The Morgan fingerprint density at radius 2 is 1.84 bits per heavy atom. The van der Waals surface area contributed by atoms with Crippen LogP contribution in [0, 0.1) is 0 Å². The largest absolute Gasteiger partial charge is 0.494 e. The van der Waals surface area contributed by atoms with Crippen LogP contribution in [0.3, 0.4) is 0 Å². The normalized spacial score (nSPS) is 12.7. The molecule has 0 bridgehead atoms. The van der Waals surface area contributed by atoms with E-state index in [1.54, 1.807) is 71.6 Å². The number of fused-ring (bicyclic) bond motifs is 1. The summed E-state index contributed by atoms with van der Waals surface area (Å²) in [7, 11) is 0. The maximum Gasteiger partial charge on any atom is 0.265 e. The second-order valence-electron chi connectivity index (χ2n) is 7.11. The molecular weight excluding hydrogens is 451 g/mol. The summed E-state index contributed by atoms with van der Waals surface area (Å²) in [5.74, 6) is 0.812. The number of hydrogen-bond acceptors (Lipinski definition) is 4. The highest BCUT2D eigenvalue weighted by Crippen LogP contribution is 2.35. The van der Waals surface area contributed by atoms with Crippen LogP contribution in [-0.4, -0.2) is 31.6 Å². The molecule has 0 aliphatic carbocycles. The van der Waals surface area contributed by atoms with Crippen molar-refractivity contribution in [2.45, 2.75) is 6.42 Å². The monoisotopic (exact) mass is 470 g/mol. The lowest BCUT2D eigenvalue weighted by atomic mass is 10.1. The number of halogens is 2. The van der Waals surface area contributed by atoms with Gasteiger partial charge in [-0.05, 0) is 61.0 Å². The number of nitrogens with zero attached hydrogens (tertiary/aromatic N) is 1. The minimum absolute atomic E-state index is 0.0314. The smallest absolute Gasteiger partial charge is 0.265 e. The molecule has 0 fully saturated rings. The first-order valence-electron chi connectivity index (χ1n) is 10.0. The average molecular weight is 471 g/mol. The van der Waals surface area contributed by atoms with Crippen LogP contribution in [-0.2, 0) is 4.79 Å². The number of nitrogens with one attached hydrogen (secondary N) is 1. The van der Waals surface area contributed by atoms with Crippen LogP contribution < -0.4 is 19.7 Å². The molecule has 0 atom stereocenters. The summed E-state index contributed by atoms with van der Waals surface area (Å²) in [6.07, 6.45) is 0.615. The highest BCUT2D eigenvalue weighted by molar-refractivity contribution is 6.34. The Morgan fingerprint density at radius 3 is 2.62 bits per heavy atom. The van der Waals surface area contributed by atoms with Gasteiger partial charge in [-0.1, -0.05) is 35.3 Å². The van der Waals surface area contributed by atoms with E-state index in [-0.39, 0.29) is 18.4 Å². The molecule has 1 heterocycles. The Labute approximate surface area is 195 Å². The van der Waals surface area contributed by atoms with E-state index in [1.165, 1.54) is 0 Å². The van der Waals surface area contributed by atoms with Crippen molar-refractivity contribution in [3.05, 3.63) is 82.3 Å². The number of amides is 2. The van der Waals surface area contributed by atoms with Gasteiger partial charge in [0.2, 0.25) is 0 Å². The first-order chi connectivity index (χ1) is 15.5. The first kappa shape index (κ1) is 22.0. The Morgan fingerprint density at radius 1 is 1.06 bits per heavy atom. The molecule has 164 valence electrons. The maximum absolute atomic E-state index is 12.6. The van der Waals surface area contributed by atoms with Crippen LogP contribution in [0.1, 0.15) is 16.8 Å². The third-order valence-electron chi connectivity index (χ3n) is 4.89. The Balaban J connectivity index is 1.43. The maximum atomic E-state index is 12.6. The molecule has 3 aromatic carbocycles. The van der Waals surface area contributed by atoms with Crippen LogP contribution in [0.25, 0.3) is 0 Å². The molecule has 4 rings (SSSR count). The summed E-state index contributed by atoms with van der Waals surface area (Å²) in [6.45, 7) is 0.853. The van der Waals surface area contributed by atoms with Gasteiger partial charge in [-0.3, -0.25) is 9.59 Å². The van der Waals surface area contributed by atoms with E-state index in [4.69, 9.17) is 32.7 Å². The number of anilines is 2. The quantitative estimate of drug-likeness (QED) is 0.466. The van der Waals surface area contributed by atoms with E-state index >= 15 is 0 Å². The third kappa shape index (κ3) is 5.15. The Bertz CT molecular complexity index is 1140. The first-order valence-corrected chi connectivity index (χ1v) is 10.8. The lowest BCUT2D eigenvalue weighted by molar-refractivity contribution is -0.121. The van der Waals surface area contributed by atoms with Crippen molar-refractivity contribution in [2.75, 3.05) is 30.0 Å². The molecule has 6 nitrogen and oxygen atoms in total. The van der Waals surface area contributed by atoms with Crippen LogP contribution in [0.2, 0.25) is 10.0 Å². The van der Waals surface area contributed by atoms with Crippen LogP contribution >= 0.6 is 23.2 Å². The highest BCUT2D eigenvalue weighted by Gasteiger charge is 2.26. The molecule has 0 spiro atoms. The van der Waals surface area contributed by atoms with E-state index < -0.39 is 0 Å². The number of hydrogen-bond donors (Lipinski definition) is 1. The summed E-state index contributed by atoms with van der Waals surface area (Å²) in [5, 5.41) is 3.83. The van der Waals surface area contributed by atoms with Gasteiger partial charge in [-0.15, -0.1) is 0 Å². The molecule has 0 saturated heterocycles. The number of rotatable bonds is 7. The molecule has 2 amide bonds. The van der Waals surface area contributed by atoms with Crippen LogP contribution in [0.15, 0.2) is 66.7 Å². The van der Waals surface area contributed by atoms with Gasteiger partial charge >= 0.3 is 0 Å². The standard InChI is InChI=1S/C24H20Cl2N2O4/c25-16-6-9-18(10-7-16)31-13-3-12-28-21-14-17(8-11-22(21)32-15-23(28)29)27-24(30)19-4-1-2-5-20(19)26/h1-2,4-11,14H,3,12-13,15H2,(H,27,30). The number of ether oxygens (including phenoxy) is 2. The van der Waals surface area contributed by atoms with E-state index in [0.717, 1.165) is 0 Å². The minimum Gasteiger partial charge on any atom is -0.494 e. The van der Waals surface area contributed by atoms with Gasteiger partial charge in [0, 0.05) is 17.3 Å². The lowest BCUT2D eigenvalue weighted by Crippen LogP contribution is -2.39. The van der Waals surface area contributed by atoms with Gasteiger partial charge < -0.3 is 19.7 Å². The molecule has 0 aromatic heterocycles. The van der Waals surface area contributed by atoms with Gasteiger partial charge in [0.05, 0.1) is 22.9 Å².